The van der Waals surface area contributed by atoms with Gasteiger partial charge in [0, 0.05) is 41.7 Å². The Balaban J connectivity index is 1.85. The summed E-state index contributed by atoms with van der Waals surface area (Å²) in [7, 11) is 0. The van der Waals surface area contributed by atoms with Gasteiger partial charge >= 0.3 is 0 Å². The number of hydrogen-bond donors (Lipinski definition) is 1. The van der Waals surface area contributed by atoms with Gasteiger partial charge in [0.25, 0.3) is 0 Å². The molecule has 6 heteroatoms. The molecule has 1 saturated heterocycles. The van der Waals surface area contributed by atoms with Crippen molar-refractivity contribution in [3.8, 4) is 10.4 Å². The van der Waals surface area contributed by atoms with Gasteiger partial charge in [-0.2, -0.15) is 0 Å². The van der Waals surface area contributed by atoms with Crippen LogP contribution in [0.3, 0.4) is 0 Å². The van der Waals surface area contributed by atoms with Crippen molar-refractivity contribution >= 4 is 17.2 Å². The highest BCUT2D eigenvalue weighted by atomic mass is 32.1. The van der Waals surface area contributed by atoms with Crippen molar-refractivity contribution in [2.24, 2.45) is 5.73 Å². The molecule has 0 aromatic carbocycles. The fraction of sp³-hybridized carbons (Fsp3) is 0.333. The second-order valence-corrected chi connectivity index (χ2v) is 5.86. The molecule has 3 rings (SSSR count). The lowest BCUT2D eigenvalue weighted by Gasteiger charge is -2.26. The summed E-state index contributed by atoms with van der Waals surface area (Å²) in [5, 5.41) is 1.79. The molecule has 1 aliphatic heterocycles. The maximum absolute atomic E-state index is 11.2. The summed E-state index contributed by atoms with van der Waals surface area (Å²) in [6.07, 6.45) is 1.81. The number of amides is 1. The third-order valence-electron chi connectivity index (χ3n) is 3.52. The van der Waals surface area contributed by atoms with Gasteiger partial charge in [-0.25, -0.2) is 0 Å². The van der Waals surface area contributed by atoms with E-state index < -0.39 is 5.91 Å². The molecule has 0 spiro atoms. The Morgan fingerprint density at radius 1 is 1.43 bits per heavy atom. The predicted octanol–water partition coefficient (Wildman–Crippen LogP) is 1.74. The van der Waals surface area contributed by atoms with Crippen molar-refractivity contribution in [1.29, 1.82) is 0 Å². The van der Waals surface area contributed by atoms with E-state index in [2.05, 4.69) is 9.88 Å². The van der Waals surface area contributed by atoms with Gasteiger partial charge < -0.3 is 10.5 Å². The van der Waals surface area contributed by atoms with E-state index in [1.54, 1.807) is 5.38 Å². The molecular weight excluding hydrogens is 286 g/mol. The van der Waals surface area contributed by atoms with E-state index in [1.807, 2.05) is 24.4 Å². The molecule has 3 heterocycles. The SMILES string of the molecule is NC(=O)c1csc(-c2cccnc2CN2CCOCC2)c1. The van der Waals surface area contributed by atoms with E-state index in [0.717, 1.165) is 49.0 Å². The molecule has 1 fully saturated rings. The van der Waals surface area contributed by atoms with Crippen LogP contribution in [-0.2, 0) is 11.3 Å². The van der Waals surface area contributed by atoms with Crippen LogP contribution < -0.4 is 5.73 Å². The number of morpholine rings is 1. The summed E-state index contributed by atoms with van der Waals surface area (Å²) >= 11 is 1.52. The molecular formula is C15H17N3O2S. The molecule has 2 aromatic rings. The van der Waals surface area contributed by atoms with Crippen LogP contribution >= 0.6 is 11.3 Å². The number of rotatable bonds is 4. The Morgan fingerprint density at radius 2 is 2.24 bits per heavy atom. The molecule has 0 radical (unpaired) electrons. The van der Waals surface area contributed by atoms with Gasteiger partial charge in [0.2, 0.25) is 5.91 Å². The average molecular weight is 303 g/mol. The van der Waals surface area contributed by atoms with Crippen LogP contribution in [0.25, 0.3) is 10.4 Å². The third-order valence-corrected chi connectivity index (χ3v) is 4.48. The third kappa shape index (κ3) is 3.29. The van der Waals surface area contributed by atoms with E-state index in [1.165, 1.54) is 11.3 Å². The summed E-state index contributed by atoms with van der Waals surface area (Å²) in [6, 6.07) is 5.80. The van der Waals surface area contributed by atoms with Crippen molar-refractivity contribution < 1.29 is 9.53 Å². The lowest BCUT2D eigenvalue weighted by atomic mass is 10.1. The number of nitrogens with zero attached hydrogens (tertiary/aromatic N) is 2. The molecule has 0 aliphatic carbocycles. The first kappa shape index (κ1) is 14.2. The Kier molecular flexibility index (Phi) is 4.28. The summed E-state index contributed by atoms with van der Waals surface area (Å²) in [4.78, 5) is 19.1. The fourth-order valence-electron chi connectivity index (χ4n) is 2.37. The topological polar surface area (TPSA) is 68.5 Å². The molecule has 5 nitrogen and oxygen atoms in total. The molecule has 0 unspecified atom stereocenters. The first-order chi connectivity index (χ1) is 10.2. The van der Waals surface area contributed by atoms with Crippen molar-refractivity contribution in [1.82, 2.24) is 9.88 Å². The first-order valence-corrected chi connectivity index (χ1v) is 7.75. The lowest BCUT2D eigenvalue weighted by molar-refractivity contribution is 0.0337. The van der Waals surface area contributed by atoms with Crippen molar-refractivity contribution in [3.63, 3.8) is 0 Å². The molecule has 1 amide bonds. The van der Waals surface area contributed by atoms with Crippen LogP contribution in [0.15, 0.2) is 29.8 Å². The Morgan fingerprint density at radius 3 is 2.95 bits per heavy atom. The zero-order valence-electron chi connectivity index (χ0n) is 11.6. The maximum Gasteiger partial charge on any atom is 0.249 e. The zero-order chi connectivity index (χ0) is 14.7. The average Bonchev–Trinajstić information content (AvgIpc) is 2.99. The molecule has 1 aliphatic rings. The Labute approximate surface area is 127 Å². The number of pyridine rings is 1. The zero-order valence-corrected chi connectivity index (χ0v) is 12.4. The monoisotopic (exact) mass is 303 g/mol. The summed E-state index contributed by atoms with van der Waals surface area (Å²) in [5.41, 5.74) is 7.97. The van der Waals surface area contributed by atoms with Crippen LogP contribution in [0.1, 0.15) is 16.1 Å². The van der Waals surface area contributed by atoms with Gasteiger partial charge in [0.15, 0.2) is 0 Å². The number of ether oxygens (including phenoxy) is 1. The molecule has 0 atom stereocenters. The Hall–Kier alpha value is -1.76. The first-order valence-electron chi connectivity index (χ1n) is 6.87. The van der Waals surface area contributed by atoms with E-state index in [4.69, 9.17) is 10.5 Å². The van der Waals surface area contributed by atoms with E-state index in [-0.39, 0.29) is 0 Å². The van der Waals surface area contributed by atoms with Gasteiger partial charge in [-0.05, 0) is 12.1 Å². The molecule has 0 saturated carbocycles. The molecule has 110 valence electrons. The highest BCUT2D eigenvalue weighted by molar-refractivity contribution is 7.13. The quantitative estimate of drug-likeness (QED) is 0.934. The molecule has 0 bridgehead atoms. The van der Waals surface area contributed by atoms with Crippen molar-refractivity contribution in [3.05, 3.63) is 41.0 Å². The number of carbonyl (C=O) groups excluding carboxylic acids is 1. The van der Waals surface area contributed by atoms with Crippen LogP contribution in [0.2, 0.25) is 0 Å². The summed E-state index contributed by atoms with van der Waals surface area (Å²) in [6.45, 7) is 4.18. The summed E-state index contributed by atoms with van der Waals surface area (Å²) < 4.78 is 5.37. The minimum absolute atomic E-state index is 0.392. The predicted molar refractivity (Wildman–Crippen MR) is 82.2 cm³/mol. The molecule has 2 N–H and O–H groups in total. The maximum atomic E-state index is 11.2. The van der Waals surface area contributed by atoms with Gasteiger partial charge in [-0.1, -0.05) is 6.07 Å². The van der Waals surface area contributed by atoms with Crippen LogP contribution in [0, 0.1) is 0 Å². The minimum Gasteiger partial charge on any atom is -0.379 e. The van der Waals surface area contributed by atoms with Crippen LogP contribution in [-0.4, -0.2) is 42.1 Å². The van der Waals surface area contributed by atoms with Gasteiger partial charge in [-0.15, -0.1) is 11.3 Å². The normalized spacial score (nSPS) is 16.0. The van der Waals surface area contributed by atoms with Crippen molar-refractivity contribution in [2.75, 3.05) is 26.3 Å². The number of aromatic nitrogens is 1. The van der Waals surface area contributed by atoms with Gasteiger partial charge in [0.05, 0.1) is 24.5 Å². The second kappa shape index (κ2) is 6.34. The number of primary amides is 1. The highest BCUT2D eigenvalue weighted by Crippen LogP contribution is 2.29. The van der Waals surface area contributed by atoms with Crippen molar-refractivity contribution in [2.45, 2.75) is 6.54 Å². The van der Waals surface area contributed by atoms with Gasteiger partial charge in [-0.3, -0.25) is 14.7 Å². The largest absolute Gasteiger partial charge is 0.379 e. The van der Waals surface area contributed by atoms with Gasteiger partial charge in [0.1, 0.15) is 0 Å². The number of carbonyl (C=O) groups is 1. The lowest BCUT2D eigenvalue weighted by Crippen LogP contribution is -2.36. The molecule has 2 aromatic heterocycles. The van der Waals surface area contributed by atoms with Crippen LogP contribution in [0.5, 0.6) is 0 Å². The highest BCUT2D eigenvalue weighted by Gasteiger charge is 2.15. The Bertz CT molecular complexity index is 635. The van der Waals surface area contributed by atoms with E-state index in [9.17, 15) is 4.79 Å². The number of thiophene rings is 1. The van der Waals surface area contributed by atoms with E-state index in [0.29, 0.717) is 5.56 Å². The standard InChI is InChI=1S/C15H17N3O2S/c16-15(19)11-8-14(21-10-11)12-2-1-3-17-13(12)9-18-4-6-20-7-5-18/h1-3,8,10H,4-7,9H2,(H2,16,19). The second-order valence-electron chi connectivity index (χ2n) is 4.95. The van der Waals surface area contributed by atoms with Crippen LogP contribution in [0.4, 0.5) is 0 Å². The number of nitrogens with two attached hydrogens (primary N) is 1. The summed E-state index contributed by atoms with van der Waals surface area (Å²) in [5.74, 6) is -0.392. The smallest absolute Gasteiger partial charge is 0.249 e. The van der Waals surface area contributed by atoms with E-state index >= 15 is 0 Å². The minimum atomic E-state index is -0.392. The molecule has 21 heavy (non-hydrogen) atoms. The number of hydrogen-bond acceptors (Lipinski definition) is 5. The fourth-order valence-corrected chi connectivity index (χ4v) is 3.31.